The van der Waals surface area contributed by atoms with E-state index in [1.807, 2.05) is 13.2 Å². The fourth-order valence-electron chi connectivity index (χ4n) is 2.12. The van der Waals surface area contributed by atoms with E-state index in [2.05, 4.69) is 28.3 Å². The summed E-state index contributed by atoms with van der Waals surface area (Å²) in [6, 6.07) is 1.44. The first-order valence-corrected chi connectivity index (χ1v) is 9.57. The van der Waals surface area contributed by atoms with Crippen molar-refractivity contribution in [3.8, 4) is 0 Å². The standard InChI is InChI=1S/C15H21N3O2S2/c1-4-9-8-10-13(16-11(15(19)20)6-7-21-3)17-12(5-2)18-14(10)22-9/h8,11H,4-7H2,1-3H3,(H,19,20)(H,16,17,18). The lowest BCUT2D eigenvalue weighted by Gasteiger charge is -2.15. The molecule has 2 N–H and O–H groups in total. The van der Waals surface area contributed by atoms with Crippen LogP contribution >= 0.6 is 23.1 Å². The Morgan fingerprint density at radius 1 is 1.41 bits per heavy atom. The molecule has 2 aromatic heterocycles. The number of carboxylic acid groups (broad SMARTS) is 1. The first-order chi connectivity index (χ1) is 10.6. The van der Waals surface area contributed by atoms with Gasteiger partial charge in [0.25, 0.3) is 0 Å². The molecule has 0 aliphatic rings. The Balaban J connectivity index is 2.38. The Hall–Kier alpha value is -1.34. The van der Waals surface area contributed by atoms with Crippen LogP contribution < -0.4 is 5.32 Å². The van der Waals surface area contributed by atoms with Gasteiger partial charge in [-0.2, -0.15) is 11.8 Å². The van der Waals surface area contributed by atoms with E-state index in [1.54, 1.807) is 23.1 Å². The van der Waals surface area contributed by atoms with Crippen LogP contribution in [0.15, 0.2) is 6.07 Å². The lowest BCUT2D eigenvalue weighted by molar-refractivity contribution is -0.137. The number of fused-ring (bicyclic) bond motifs is 1. The summed E-state index contributed by atoms with van der Waals surface area (Å²) in [7, 11) is 0. The van der Waals surface area contributed by atoms with Gasteiger partial charge in [-0.1, -0.05) is 13.8 Å². The highest BCUT2D eigenvalue weighted by molar-refractivity contribution is 7.98. The van der Waals surface area contributed by atoms with Crippen LogP contribution in [0, 0.1) is 0 Å². The largest absolute Gasteiger partial charge is 0.480 e. The number of aliphatic carboxylic acids is 1. The minimum absolute atomic E-state index is 0.564. The number of rotatable bonds is 8. The van der Waals surface area contributed by atoms with Crippen LogP contribution in [0.4, 0.5) is 5.82 Å². The van der Waals surface area contributed by atoms with Gasteiger partial charge in [0.05, 0.1) is 5.39 Å². The summed E-state index contributed by atoms with van der Waals surface area (Å²) < 4.78 is 0. The molecule has 0 amide bonds. The summed E-state index contributed by atoms with van der Waals surface area (Å²) in [5.41, 5.74) is 0. The van der Waals surface area contributed by atoms with Gasteiger partial charge in [-0.05, 0) is 30.9 Å². The number of aromatic nitrogens is 2. The molecule has 1 atom stereocenters. The van der Waals surface area contributed by atoms with E-state index in [4.69, 9.17) is 0 Å². The molecule has 120 valence electrons. The van der Waals surface area contributed by atoms with Gasteiger partial charge in [0.1, 0.15) is 22.5 Å². The summed E-state index contributed by atoms with van der Waals surface area (Å²) in [5, 5.41) is 13.4. The number of nitrogens with zero attached hydrogens (tertiary/aromatic N) is 2. The smallest absolute Gasteiger partial charge is 0.326 e. The second-order valence-electron chi connectivity index (χ2n) is 4.94. The molecule has 0 spiro atoms. The maximum absolute atomic E-state index is 11.4. The first-order valence-electron chi connectivity index (χ1n) is 7.36. The summed E-state index contributed by atoms with van der Waals surface area (Å²) >= 11 is 3.29. The van der Waals surface area contributed by atoms with Crippen molar-refractivity contribution in [1.82, 2.24) is 9.97 Å². The Kier molecular flexibility index (Phi) is 6.02. The molecular weight excluding hydrogens is 318 g/mol. The van der Waals surface area contributed by atoms with E-state index in [-0.39, 0.29) is 0 Å². The van der Waals surface area contributed by atoms with Crippen molar-refractivity contribution in [1.29, 1.82) is 0 Å². The number of thioether (sulfide) groups is 1. The van der Waals surface area contributed by atoms with E-state index >= 15 is 0 Å². The quantitative estimate of drug-likeness (QED) is 0.767. The zero-order valence-electron chi connectivity index (χ0n) is 13.0. The minimum atomic E-state index is -0.843. The molecule has 5 nitrogen and oxygen atoms in total. The first kappa shape index (κ1) is 17.0. The number of aryl methyl sites for hydroxylation is 2. The number of carbonyl (C=O) groups is 1. The van der Waals surface area contributed by atoms with Gasteiger partial charge in [-0.3, -0.25) is 0 Å². The molecular formula is C15H21N3O2S2. The monoisotopic (exact) mass is 339 g/mol. The van der Waals surface area contributed by atoms with Crippen LogP contribution in [-0.2, 0) is 17.6 Å². The molecule has 22 heavy (non-hydrogen) atoms. The second kappa shape index (κ2) is 7.78. The number of hydrogen-bond donors (Lipinski definition) is 2. The third-order valence-corrected chi connectivity index (χ3v) is 5.19. The van der Waals surface area contributed by atoms with Crippen molar-refractivity contribution < 1.29 is 9.90 Å². The van der Waals surface area contributed by atoms with E-state index in [0.717, 1.165) is 34.6 Å². The average Bonchev–Trinajstić information content (AvgIpc) is 2.93. The number of thiophene rings is 1. The van der Waals surface area contributed by atoms with Gasteiger partial charge in [0, 0.05) is 11.3 Å². The molecule has 0 bridgehead atoms. The third kappa shape index (κ3) is 3.89. The Bertz CT molecular complexity index is 658. The normalized spacial score (nSPS) is 12.5. The van der Waals surface area contributed by atoms with Crippen LogP contribution in [0.3, 0.4) is 0 Å². The van der Waals surface area contributed by atoms with Gasteiger partial charge in [0.15, 0.2) is 0 Å². The average molecular weight is 339 g/mol. The van der Waals surface area contributed by atoms with Gasteiger partial charge in [0.2, 0.25) is 0 Å². The Morgan fingerprint density at radius 2 is 2.18 bits per heavy atom. The molecule has 2 rings (SSSR count). The zero-order valence-corrected chi connectivity index (χ0v) is 14.7. The molecule has 2 aromatic rings. The predicted molar refractivity (Wildman–Crippen MR) is 94.2 cm³/mol. The lowest BCUT2D eigenvalue weighted by Crippen LogP contribution is -2.30. The Morgan fingerprint density at radius 3 is 2.77 bits per heavy atom. The van der Waals surface area contributed by atoms with E-state index in [9.17, 15) is 9.90 Å². The number of carboxylic acids is 1. The van der Waals surface area contributed by atoms with Gasteiger partial charge < -0.3 is 10.4 Å². The summed E-state index contributed by atoms with van der Waals surface area (Å²) in [5.74, 6) is 1.34. The maximum atomic E-state index is 11.4. The predicted octanol–water partition coefficient (Wildman–Crippen LogP) is 3.43. The molecule has 7 heteroatoms. The molecule has 0 aromatic carbocycles. The highest BCUT2D eigenvalue weighted by Crippen LogP contribution is 2.30. The molecule has 0 aliphatic carbocycles. The van der Waals surface area contributed by atoms with E-state index in [1.165, 1.54) is 4.88 Å². The van der Waals surface area contributed by atoms with Crippen molar-refractivity contribution in [3.63, 3.8) is 0 Å². The lowest BCUT2D eigenvalue weighted by atomic mass is 10.2. The van der Waals surface area contributed by atoms with Gasteiger partial charge in [-0.15, -0.1) is 11.3 Å². The number of anilines is 1. The highest BCUT2D eigenvalue weighted by atomic mass is 32.2. The minimum Gasteiger partial charge on any atom is -0.480 e. The van der Waals surface area contributed by atoms with Gasteiger partial charge in [-0.25, -0.2) is 14.8 Å². The van der Waals surface area contributed by atoms with Crippen molar-refractivity contribution in [2.45, 2.75) is 39.2 Å². The van der Waals surface area contributed by atoms with Crippen molar-refractivity contribution in [2.24, 2.45) is 0 Å². The van der Waals surface area contributed by atoms with Crippen molar-refractivity contribution >= 4 is 45.1 Å². The summed E-state index contributed by atoms with van der Waals surface area (Å²) in [4.78, 5) is 22.7. The second-order valence-corrected chi connectivity index (χ2v) is 7.04. The number of nitrogens with one attached hydrogen (secondary N) is 1. The molecule has 1 unspecified atom stereocenters. The third-order valence-electron chi connectivity index (χ3n) is 3.37. The van der Waals surface area contributed by atoms with E-state index < -0.39 is 12.0 Å². The molecule has 2 heterocycles. The highest BCUT2D eigenvalue weighted by Gasteiger charge is 2.20. The summed E-state index contributed by atoms with van der Waals surface area (Å²) in [6.07, 6.45) is 4.21. The maximum Gasteiger partial charge on any atom is 0.326 e. The Labute approximate surface area is 138 Å². The van der Waals surface area contributed by atoms with Crippen molar-refractivity contribution in [3.05, 3.63) is 16.8 Å². The van der Waals surface area contributed by atoms with Crippen LogP contribution in [0.5, 0.6) is 0 Å². The molecule has 0 fully saturated rings. The topological polar surface area (TPSA) is 75.1 Å². The van der Waals surface area contributed by atoms with Crippen LogP contribution in [-0.4, -0.2) is 39.1 Å². The molecule has 0 radical (unpaired) electrons. The molecule has 0 saturated heterocycles. The SMILES string of the molecule is CCc1nc(NC(CCSC)C(=O)O)c2cc(CC)sc2n1. The zero-order chi connectivity index (χ0) is 16.1. The fraction of sp³-hybridized carbons (Fsp3) is 0.533. The molecule has 0 aliphatic heterocycles. The van der Waals surface area contributed by atoms with Crippen molar-refractivity contribution in [2.75, 3.05) is 17.3 Å². The van der Waals surface area contributed by atoms with Gasteiger partial charge >= 0.3 is 5.97 Å². The fourth-order valence-corrected chi connectivity index (χ4v) is 3.57. The van der Waals surface area contributed by atoms with Crippen LogP contribution in [0.2, 0.25) is 0 Å². The molecule has 0 saturated carbocycles. The number of hydrogen-bond acceptors (Lipinski definition) is 6. The summed E-state index contributed by atoms with van der Waals surface area (Å²) in [6.45, 7) is 4.10. The van der Waals surface area contributed by atoms with Crippen LogP contribution in [0.1, 0.15) is 31.0 Å². The van der Waals surface area contributed by atoms with E-state index in [0.29, 0.717) is 12.2 Å². The van der Waals surface area contributed by atoms with Crippen LogP contribution in [0.25, 0.3) is 10.2 Å².